The van der Waals surface area contributed by atoms with Gasteiger partial charge in [-0.1, -0.05) is 13.8 Å². The van der Waals surface area contributed by atoms with E-state index in [-0.39, 0.29) is 11.9 Å². The monoisotopic (exact) mass is 313 g/mol. The molecule has 0 spiro atoms. The molecular formula is C16H31N3OS. The van der Waals surface area contributed by atoms with E-state index in [9.17, 15) is 4.79 Å². The summed E-state index contributed by atoms with van der Waals surface area (Å²) in [5.74, 6) is 3.98. The standard InChI is InChI=1S/C16H31N3OS/c1-12-6-13(2)9-19(8-12)10-14(3)18-16(20)7-15-11-21-5-4-17-15/h12-15,17H,4-11H2,1-3H3,(H,18,20). The zero-order valence-electron chi connectivity index (χ0n) is 13.7. The third kappa shape index (κ3) is 6.17. The van der Waals surface area contributed by atoms with Gasteiger partial charge in [-0.15, -0.1) is 0 Å². The van der Waals surface area contributed by atoms with Crippen LogP contribution in [0.3, 0.4) is 0 Å². The summed E-state index contributed by atoms with van der Waals surface area (Å²) in [6, 6.07) is 0.595. The summed E-state index contributed by atoms with van der Waals surface area (Å²) < 4.78 is 0. The summed E-state index contributed by atoms with van der Waals surface area (Å²) in [6.45, 7) is 11.1. The molecule has 0 aliphatic carbocycles. The van der Waals surface area contributed by atoms with Crippen LogP contribution in [-0.4, -0.2) is 60.6 Å². The molecule has 4 nitrogen and oxygen atoms in total. The molecule has 2 heterocycles. The highest BCUT2D eigenvalue weighted by Crippen LogP contribution is 2.20. The number of amides is 1. The number of carbonyl (C=O) groups is 1. The highest BCUT2D eigenvalue weighted by atomic mass is 32.2. The van der Waals surface area contributed by atoms with E-state index in [1.807, 2.05) is 11.8 Å². The molecule has 1 amide bonds. The number of nitrogens with zero attached hydrogens (tertiary/aromatic N) is 1. The van der Waals surface area contributed by atoms with E-state index in [2.05, 4.69) is 36.3 Å². The van der Waals surface area contributed by atoms with Gasteiger partial charge in [0.2, 0.25) is 5.91 Å². The molecule has 2 rings (SSSR count). The van der Waals surface area contributed by atoms with E-state index < -0.39 is 0 Å². The lowest BCUT2D eigenvalue weighted by atomic mass is 9.92. The number of carbonyl (C=O) groups excluding carboxylic acids is 1. The van der Waals surface area contributed by atoms with Crippen molar-refractivity contribution in [3.05, 3.63) is 0 Å². The topological polar surface area (TPSA) is 44.4 Å². The molecule has 2 saturated heterocycles. The fourth-order valence-corrected chi connectivity index (χ4v) is 4.63. The van der Waals surface area contributed by atoms with Crippen LogP contribution in [0.5, 0.6) is 0 Å². The van der Waals surface area contributed by atoms with Gasteiger partial charge in [-0.3, -0.25) is 4.79 Å². The fourth-order valence-electron chi connectivity index (χ4n) is 3.68. The molecule has 4 unspecified atom stereocenters. The highest BCUT2D eigenvalue weighted by Gasteiger charge is 2.24. The van der Waals surface area contributed by atoms with Gasteiger partial charge in [0.15, 0.2) is 0 Å². The minimum absolute atomic E-state index is 0.195. The molecule has 0 saturated carbocycles. The third-order valence-electron chi connectivity index (χ3n) is 4.31. The van der Waals surface area contributed by atoms with Gasteiger partial charge in [0, 0.05) is 56.2 Å². The zero-order valence-corrected chi connectivity index (χ0v) is 14.5. The minimum atomic E-state index is 0.195. The lowest BCUT2D eigenvalue weighted by Gasteiger charge is -2.36. The molecule has 5 heteroatoms. The molecule has 0 aromatic carbocycles. The van der Waals surface area contributed by atoms with Gasteiger partial charge in [0.25, 0.3) is 0 Å². The summed E-state index contributed by atoms with van der Waals surface area (Å²) in [6.07, 6.45) is 1.95. The second-order valence-electron chi connectivity index (χ2n) is 7.06. The number of hydrogen-bond donors (Lipinski definition) is 2. The van der Waals surface area contributed by atoms with Crippen LogP contribution in [0.2, 0.25) is 0 Å². The van der Waals surface area contributed by atoms with Gasteiger partial charge < -0.3 is 15.5 Å². The molecule has 21 heavy (non-hydrogen) atoms. The van der Waals surface area contributed by atoms with Crippen LogP contribution in [0.15, 0.2) is 0 Å². The summed E-state index contributed by atoms with van der Waals surface area (Å²) in [4.78, 5) is 14.6. The summed E-state index contributed by atoms with van der Waals surface area (Å²) >= 11 is 1.94. The number of piperidine rings is 1. The SMILES string of the molecule is CC1CC(C)CN(CC(C)NC(=O)CC2CSCCN2)C1. The minimum Gasteiger partial charge on any atom is -0.352 e. The molecule has 2 aliphatic rings. The summed E-state index contributed by atoms with van der Waals surface area (Å²) in [5.41, 5.74) is 0. The maximum Gasteiger partial charge on any atom is 0.221 e. The Morgan fingerprint density at radius 2 is 2.10 bits per heavy atom. The molecule has 122 valence electrons. The van der Waals surface area contributed by atoms with Gasteiger partial charge in [-0.05, 0) is 25.2 Å². The normalized spacial score (nSPS) is 32.6. The first kappa shape index (κ1) is 17.1. The summed E-state index contributed by atoms with van der Waals surface area (Å²) in [7, 11) is 0. The van der Waals surface area contributed by atoms with E-state index in [4.69, 9.17) is 0 Å². The Bertz CT molecular complexity index is 323. The van der Waals surface area contributed by atoms with Gasteiger partial charge >= 0.3 is 0 Å². The number of nitrogens with one attached hydrogen (secondary N) is 2. The lowest BCUT2D eigenvalue weighted by molar-refractivity contribution is -0.122. The highest BCUT2D eigenvalue weighted by molar-refractivity contribution is 7.99. The second kappa shape index (κ2) is 8.39. The smallest absolute Gasteiger partial charge is 0.221 e. The molecule has 0 bridgehead atoms. The van der Waals surface area contributed by atoms with Crippen LogP contribution in [0, 0.1) is 11.8 Å². The van der Waals surface area contributed by atoms with Crippen molar-refractivity contribution in [2.45, 2.75) is 45.7 Å². The molecule has 2 aliphatic heterocycles. The van der Waals surface area contributed by atoms with Gasteiger partial charge in [0.05, 0.1) is 0 Å². The van der Waals surface area contributed by atoms with Gasteiger partial charge in [-0.25, -0.2) is 0 Å². The Morgan fingerprint density at radius 3 is 2.71 bits per heavy atom. The largest absolute Gasteiger partial charge is 0.352 e. The van der Waals surface area contributed by atoms with E-state index in [0.29, 0.717) is 12.5 Å². The first-order chi connectivity index (χ1) is 10.0. The second-order valence-corrected chi connectivity index (χ2v) is 8.21. The molecule has 2 N–H and O–H groups in total. The predicted octanol–water partition coefficient (Wildman–Crippen LogP) is 1.56. The Hall–Kier alpha value is -0.260. The van der Waals surface area contributed by atoms with Crippen LogP contribution >= 0.6 is 11.8 Å². The van der Waals surface area contributed by atoms with Crippen LogP contribution in [-0.2, 0) is 4.79 Å². The Labute approximate surface area is 133 Å². The average molecular weight is 314 g/mol. The fraction of sp³-hybridized carbons (Fsp3) is 0.938. The predicted molar refractivity (Wildman–Crippen MR) is 90.7 cm³/mol. The Kier molecular flexibility index (Phi) is 6.83. The van der Waals surface area contributed by atoms with Crippen molar-refractivity contribution in [2.24, 2.45) is 11.8 Å². The Balaban J connectivity index is 1.68. The molecule has 0 radical (unpaired) electrons. The quantitative estimate of drug-likeness (QED) is 0.808. The van der Waals surface area contributed by atoms with Crippen LogP contribution in [0.25, 0.3) is 0 Å². The summed E-state index contributed by atoms with van der Waals surface area (Å²) in [5, 5.41) is 6.60. The van der Waals surface area contributed by atoms with Crippen LogP contribution in [0.4, 0.5) is 0 Å². The van der Waals surface area contributed by atoms with E-state index in [1.54, 1.807) is 0 Å². The van der Waals surface area contributed by atoms with Crippen LogP contribution < -0.4 is 10.6 Å². The molecular weight excluding hydrogens is 282 g/mol. The number of rotatable bonds is 5. The van der Waals surface area contributed by atoms with Crippen molar-refractivity contribution in [1.29, 1.82) is 0 Å². The lowest BCUT2D eigenvalue weighted by Crippen LogP contribution is -2.48. The molecule has 2 fully saturated rings. The first-order valence-corrected chi connectivity index (χ1v) is 9.51. The van der Waals surface area contributed by atoms with Crippen molar-refractivity contribution in [2.75, 3.05) is 37.7 Å². The van der Waals surface area contributed by atoms with Gasteiger partial charge in [-0.2, -0.15) is 11.8 Å². The van der Waals surface area contributed by atoms with Crippen molar-refractivity contribution < 1.29 is 4.79 Å². The molecule has 4 atom stereocenters. The molecule has 0 aromatic rings. The van der Waals surface area contributed by atoms with E-state index in [0.717, 1.165) is 30.7 Å². The van der Waals surface area contributed by atoms with Gasteiger partial charge in [0.1, 0.15) is 0 Å². The van der Waals surface area contributed by atoms with Crippen molar-refractivity contribution in [3.8, 4) is 0 Å². The number of hydrogen-bond acceptors (Lipinski definition) is 4. The molecule has 0 aromatic heterocycles. The number of thioether (sulfide) groups is 1. The maximum atomic E-state index is 12.1. The van der Waals surface area contributed by atoms with Crippen molar-refractivity contribution in [1.82, 2.24) is 15.5 Å². The van der Waals surface area contributed by atoms with Crippen molar-refractivity contribution in [3.63, 3.8) is 0 Å². The zero-order chi connectivity index (χ0) is 15.2. The van der Waals surface area contributed by atoms with Crippen LogP contribution in [0.1, 0.15) is 33.6 Å². The average Bonchev–Trinajstić information content (AvgIpc) is 2.37. The third-order valence-corrected chi connectivity index (χ3v) is 5.45. The first-order valence-electron chi connectivity index (χ1n) is 8.35. The van der Waals surface area contributed by atoms with E-state index >= 15 is 0 Å². The number of likely N-dealkylation sites (tertiary alicyclic amines) is 1. The van der Waals surface area contributed by atoms with E-state index in [1.165, 1.54) is 25.3 Å². The van der Waals surface area contributed by atoms with Crippen molar-refractivity contribution >= 4 is 17.7 Å². The maximum absolute atomic E-state index is 12.1. The Morgan fingerprint density at radius 1 is 1.38 bits per heavy atom.